The van der Waals surface area contributed by atoms with Crippen molar-refractivity contribution in [3.8, 4) is 5.75 Å². The zero-order chi connectivity index (χ0) is 17.3. The van der Waals surface area contributed by atoms with Crippen molar-refractivity contribution in [2.45, 2.75) is 13.0 Å². The minimum absolute atomic E-state index is 0.0682. The molecule has 0 aliphatic carbocycles. The number of rotatable bonds is 5. The summed E-state index contributed by atoms with van der Waals surface area (Å²) < 4.78 is 6.59. The Hall–Kier alpha value is -2.80. The third-order valence-electron chi connectivity index (χ3n) is 3.56. The zero-order valence-electron chi connectivity index (χ0n) is 13.0. The van der Waals surface area contributed by atoms with Crippen molar-refractivity contribution in [3.05, 3.63) is 52.7 Å². The summed E-state index contributed by atoms with van der Waals surface area (Å²) in [6.45, 7) is 1.96. The number of ether oxygens (including phenoxy) is 1. The number of carboxylic acid groups (broad SMARTS) is 1. The van der Waals surface area contributed by atoms with Crippen LogP contribution in [0.3, 0.4) is 0 Å². The largest absolute Gasteiger partial charge is 0.493 e. The van der Waals surface area contributed by atoms with Gasteiger partial charge in [0.25, 0.3) is 0 Å². The number of carboxylic acids is 1. The van der Waals surface area contributed by atoms with E-state index in [4.69, 9.17) is 21.4 Å². The fourth-order valence-electron chi connectivity index (χ4n) is 2.34. The molecule has 1 unspecified atom stereocenters. The number of nitrogens with one attached hydrogen (secondary N) is 1. The number of nitrogens with zero attached hydrogens (tertiary/aromatic N) is 3. The van der Waals surface area contributed by atoms with Crippen LogP contribution in [0.2, 0.25) is 5.02 Å². The van der Waals surface area contributed by atoms with Gasteiger partial charge in [-0.1, -0.05) is 23.7 Å². The smallest absolute Gasteiger partial charge is 0.337 e. The number of hydrogen-bond donors (Lipinski definition) is 2. The Morgan fingerprint density at radius 2 is 2.21 bits per heavy atom. The summed E-state index contributed by atoms with van der Waals surface area (Å²) >= 11 is 6.01. The molecule has 7 nitrogen and oxygen atoms in total. The number of anilines is 1. The predicted molar refractivity (Wildman–Crippen MR) is 90.0 cm³/mol. The molecule has 0 amide bonds. The average Bonchev–Trinajstić information content (AvgIpc) is 2.96. The minimum atomic E-state index is -1.06. The normalized spacial score (nSPS) is 12.1. The second kappa shape index (κ2) is 6.37. The molecular weight excluding hydrogens is 332 g/mol. The van der Waals surface area contributed by atoms with Gasteiger partial charge in [-0.05, 0) is 24.6 Å². The van der Waals surface area contributed by atoms with Crippen LogP contribution in [0.4, 0.5) is 5.95 Å². The average molecular weight is 347 g/mol. The molecule has 1 atom stereocenters. The summed E-state index contributed by atoms with van der Waals surface area (Å²) in [5.41, 5.74) is 1.49. The Balaban J connectivity index is 1.94. The van der Waals surface area contributed by atoms with Crippen molar-refractivity contribution >= 4 is 29.2 Å². The summed E-state index contributed by atoms with van der Waals surface area (Å²) in [6.07, 6.45) is 1.39. The maximum absolute atomic E-state index is 11.2. The molecule has 8 heteroatoms. The number of fused-ring (bicyclic) bond motifs is 1. The second-order valence-electron chi connectivity index (χ2n) is 5.23. The highest BCUT2D eigenvalue weighted by Gasteiger charge is 2.15. The van der Waals surface area contributed by atoms with Crippen LogP contribution in [0.25, 0.3) is 5.65 Å². The molecule has 1 aromatic carbocycles. The van der Waals surface area contributed by atoms with Crippen LogP contribution in [0.5, 0.6) is 5.75 Å². The lowest BCUT2D eigenvalue weighted by atomic mass is 10.1. The molecule has 3 aromatic rings. The SMILES string of the molecule is COc1cc(C(=O)O)cn2nc(NC(C)c3cccc(Cl)c3)nc12. The van der Waals surface area contributed by atoms with Gasteiger partial charge in [-0.15, -0.1) is 5.10 Å². The molecule has 0 spiro atoms. The molecule has 0 bridgehead atoms. The fourth-order valence-corrected chi connectivity index (χ4v) is 2.54. The number of carbonyl (C=O) groups is 1. The Bertz CT molecular complexity index is 909. The van der Waals surface area contributed by atoms with E-state index >= 15 is 0 Å². The fraction of sp³-hybridized carbons (Fsp3) is 0.188. The van der Waals surface area contributed by atoms with E-state index < -0.39 is 5.97 Å². The third-order valence-corrected chi connectivity index (χ3v) is 3.80. The van der Waals surface area contributed by atoms with Gasteiger partial charge in [-0.2, -0.15) is 4.98 Å². The second-order valence-corrected chi connectivity index (χ2v) is 5.66. The van der Waals surface area contributed by atoms with Gasteiger partial charge in [0.05, 0.1) is 18.7 Å². The van der Waals surface area contributed by atoms with Gasteiger partial charge in [-0.3, -0.25) is 0 Å². The van der Waals surface area contributed by atoms with Crippen LogP contribution in [-0.2, 0) is 0 Å². The van der Waals surface area contributed by atoms with Crippen molar-refractivity contribution in [2.75, 3.05) is 12.4 Å². The highest BCUT2D eigenvalue weighted by molar-refractivity contribution is 6.30. The number of benzene rings is 1. The lowest BCUT2D eigenvalue weighted by molar-refractivity contribution is 0.0695. The molecule has 2 aromatic heterocycles. The number of halogens is 1. The first kappa shape index (κ1) is 16.1. The number of hydrogen-bond acceptors (Lipinski definition) is 5. The van der Waals surface area contributed by atoms with Crippen LogP contribution in [0.15, 0.2) is 36.5 Å². The van der Waals surface area contributed by atoms with Crippen molar-refractivity contribution in [3.63, 3.8) is 0 Å². The van der Waals surface area contributed by atoms with Gasteiger partial charge in [0.15, 0.2) is 11.4 Å². The van der Waals surface area contributed by atoms with E-state index in [0.717, 1.165) is 5.56 Å². The monoisotopic (exact) mass is 346 g/mol. The first-order chi connectivity index (χ1) is 11.5. The van der Waals surface area contributed by atoms with Gasteiger partial charge in [0.2, 0.25) is 5.95 Å². The van der Waals surface area contributed by atoms with Crippen molar-refractivity contribution in [1.82, 2.24) is 14.6 Å². The van der Waals surface area contributed by atoms with E-state index in [-0.39, 0.29) is 11.6 Å². The molecule has 24 heavy (non-hydrogen) atoms. The third kappa shape index (κ3) is 3.11. The molecule has 124 valence electrons. The maximum atomic E-state index is 11.2. The summed E-state index contributed by atoms with van der Waals surface area (Å²) in [7, 11) is 1.46. The Labute approximate surface area is 142 Å². The summed E-state index contributed by atoms with van der Waals surface area (Å²) in [5.74, 6) is -0.360. The molecule has 0 fully saturated rings. The topological polar surface area (TPSA) is 88.8 Å². The number of aromatic carboxylic acids is 1. The number of methoxy groups -OCH3 is 1. The molecule has 0 radical (unpaired) electrons. The molecule has 2 N–H and O–H groups in total. The van der Waals surface area contributed by atoms with Crippen molar-refractivity contribution < 1.29 is 14.6 Å². The number of aromatic nitrogens is 3. The zero-order valence-corrected chi connectivity index (χ0v) is 13.8. The maximum Gasteiger partial charge on any atom is 0.337 e. The van der Waals surface area contributed by atoms with Crippen LogP contribution in [-0.4, -0.2) is 32.8 Å². The van der Waals surface area contributed by atoms with Gasteiger partial charge < -0.3 is 15.2 Å². The molecule has 0 saturated carbocycles. The first-order valence-electron chi connectivity index (χ1n) is 7.17. The van der Waals surface area contributed by atoms with E-state index in [1.54, 1.807) is 6.07 Å². The van der Waals surface area contributed by atoms with Crippen LogP contribution in [0.1, 0.15) is 28.9 Å². The highest BCUT2D eigenvalue weighted by Crippen LogP contribution is 2.24. The van der Waals surface area contributed by atoms with Gasteiger partial charge in [0.1, 0.15) is 0 Å². The summed E-state index contributed by atoms with van der Waals surface area (Å²) in [4.78, 5) is 15.5. The van der Waals surface area contributed by atoms with Gasteiger partial charge in [-0.25, -0.2) is 9.31 Å². The van der Waals surface area contributed by atoms with E-state index in [9.17, 15) is 4.79 Å². The molecular formula is C16H15ClN4O3. The summed E-state index contributed by atoms with van der Waals surface area (Å²) in [6, 6.07) is 8.82. The first-order valence-corrected chi connectivity index (χ1v) is 7.55. The molecule has 3 rings (SSSR count). The summed E-state index contributed by atoms with van der Waals surface area (Å²) in [5, 5.41) is 17.2. The predicted octanol–water partition coefficient (Wildman–Crippen LogP) is 3.26. The highest BCUT2D eigenvalue weighted by atomic mass is 35.5. The Kier molecular flexibility index (Phi) is 4.26. The molecule has 0 aliphatic rings. The van der Waals surface area contributed by atoms with Gasteiger partial charge >= 0.3 is 5.97 Å². The Morgan fingerprint density at radius 1 is 1.42 bits per heavy atom. The van der Waals surface area contributed by atoms with E-state index in [2.05, 4.69) is 15.4 Å². The van der Waals surface area contributed by atoms with Crippen molar-refractivity contribution in [1.29, 1.82) is 0 Å². The standard InChI is InChI=1S/C16H15ClN4O3/c1-9(10-4-3-5-12(17)6-10)18-16-19-14-13(24-2)7-11(15(22)23)8-21(14)20-16/h3-9H,1-2H3,(H,18,20)(H,22,23). The van der Waals surface area contributed by atoms with E-state index in [1.807, 2.05) is 25.1 Å². The van der Waals surface area contributed by atoms with E-state index in [1.165, 1.54) is 23.9 Å². The van der Waals surface area contributed by atoms with Crippen LogP contribution in [0, 0.1) is 0 Å². The van der Waals surface area contributed by atoms with Gasteiger partial charge in [0, 0.05) is 17.3 Å². The Morgan fingerprint density at radius 3 is 2.88 bits per heavy atom. The van der Waals surface area contributed by atoms with Crippen LogP contribution < -0.4 is 10.1 Å². The lowest BCUT2D eigenvalue weighted by Gasteiger charge is -2.12. The molecule has 2 heterocycles. The van der Waals surface area contributed by atoms with E-state index in [0.29, 0.717) is 22.4 Å². The quantitative estimate of drug-likeness (QED) is 0.737. The van der Waals surface area contributed by atoms with Crippen molar-refractivity contribution in [2.24, 2.45) is 0 Å². The lowest BCUT2D eigenvalue weighted by Crippen LogP contribution is -2.08. The minimum Gasteiger partial charge on any atom is -0.493 e. The number of pyridine rings is 1. The van der Waals surface area contributed by atoms with Crippen LogP contribution >= 0.6 is 11.6 Å². The molecule has 0 saturated heterocycles. The molecule has 0 aliphatic heterocycles.